The third kappa shape index (κ3) is 4.34. The Morgan fingerprint density at radius 1 is 1.28 bits per heavy atom. The lowest BCUT2D eigenvalue weighted by Gasteiger charge is -2.24. The Morgan fingerprint density at radius 3 is 2.50 bits per heavy atom. The Hall–Kier alpha value is -1.02. The smallest absolute Gasteiger partial charge is 0.123 e. The maximum Gasteiger partial charge on any atom is 0.123 e. The molecule has 0 radical (unpaired) electrons. The SMILES string of the molecule is CCNC(C)COc1cc(C)ccc1C(C)(C)C. The summed E-state index contributed by atoms with van der Waals surface area (Å²) in [6.07, 6.45) is 0. The van der Waals surface area contributed by atoms with Crippen LogP contribution in [-0.2, 0) is 5.41 Å². The van der Waals surface area contributed by atoms with Gasteiger partial charge in [0.05, 0.1) is 0 Å². The molecule has 102 valence electrons. The molecule has 0 saturated carbocycles. The van der Waals surface area contributed by atoms with Crippen molar-refractivity contribution in [1.29, 1.82) is 0 Å². The Bertz CT molecular complexity index is 379. The fourth-order valence-electron chi connectivity index (χ4n) is 1.99. The topological polar surface area (TPSA) is 21.3 Å². The van der Waals surface area contributed by atoms with E-state index in [2.05, 4.69) is 65.1 Å². The van der Waals surface area contributed by atoms with Crippen LogP contribution in [0, 0.1) is 6.92 Å². The van der Waals surface area contributed by atoms with E-state index in [1.165, 1.54) is 11.1 Å². The van der Waals surface area contributed by atoms with Crippen molar-refractivity contribution in [1.82, 2.24) is 5.32 Å². The molecule has 0 aliphatic carbocycles. The Kier molecular flexibility index (Phi) is 5.21. The van der Waals surface area contributed by atoms with Crippen LogP contribution in [0.15, 0.2) is 18.2 Å². The molecular weight excluding hydrogens is 222 g/mol. The van der Waals surface area contributed by atoms with Crippen molar-refractivity contribution in [2.75, 3.05) is 13.2 Å². The Labute approximate surface area is 112 Å². The number of aryl methyl sites for hydroxylation is 1. The summed E-state index contributed by atoms with van der Waals surface area (Å²) in [5.74, 6) is 1.02. The molecule has 1 aromatic rings. The van der Waals surface area contributed by atoms with Gasteiger partial charge in [-0.25, -0.2) is 0 Å². The first kappa shape index (κ1) is 15.0. The highest BCUT2D eigenvalue weighted by Gasteiger charge is 2.19. The molecular formula is C16H27NO. The molecule has 1 N–H and O–H groups in total. The van der Waals surface area contributed by atoms with Gasteiger partial charge < -0.3 is 10.1 Å². The lowest BCUT2D eigenvalue weighted by atomic mass is 9.86. The molecule has 1 aromatic carbocycles. The molecule has 1 unspecified atom stereocenters. The van der Waals surface area contributed by atoms with Crippen molar-refractivity contribution in [2.24, 2.45) is 0 Å². The zero-order valence-electron chi connectivity index (χ0n) is 12.6. The second-order valence-corrected chi connectivity index (χ2v) is 6.02. The molecule has 0 saturated heterocycles. The van der Waals surface area contributed by atoms with Gasteiger partial charge in [0.25, 0.3) is 0 Å². The van der Waals surface area contributed by atoms with Crippen LogP contribution >= 0.6 is 0 Å². The summed E-state index contributed by atoms with van der Waals surface area (Å²) in [5, 5.41) is 3.36. The van der Waals surface area contributed by atoms with Crippen molar-refractivity contribution >= 4 is 0 Å². The first-order valence-corrected chi connectivity index (χ1v) is 6.82. The second-order valence-electron chi connectivity index (χ2n) is 6.02. The summed E-state index contributed by atoms with van der Waals surface area (Å²) in [4.78, 5) is 0. The average molecular weight is 249 g/mol. The maximum absolute atomic E-state index is 6.00. The predicted molar refractivity (Wildman–Crippen MR) is 78.5 cm³/mol. The number of ether oxygens (including phenoxy) is 1. The highest BCUT2D eigenvalue weighted by atomic mass is 16.5. The number of hydrogen-bond donors (Lipinski definition) is 1. The molecule has 2 heteroatoms. The van der Waals surface area contributed by atoms with Crippen molar-refractivity contribution < 1.29 is 4.74 Å². The summed E-state index contributed by atoms with van der Waals surface area (Å²) in [6, 6.07) is 6.85. The van der Waals surface area contributed by atoms with E-state index in [0.29, 0.717) is 12.6 Å². The van der Waals surface area contributed by atoms with Gasteiger partial charge in [0.15, 0.2) is 0 Å². The van der Waals surface area contributed by atoms with Gasteiger partial charge in [-0.3, -0.25) is 0 Å². The van der Waals surface area contributed by atoms with Crippen LogP contribution in [0.4, 0.5) is 0 Å². The minimum atomic E-state index is 0.116. The Morgan fingerprint density at radius 2 is 1.94 bits per heavy atom. The van der Waals surface area contributed by atoms with Crippen LogP contribution in [0.25, 0.3) is 0 Å². The first-order chi connectivity index (χ1) is 8.34. The molecule has 0 fully saturated rings. The lowest BCUT2D eigenvalue weighted by Crippen LogP contribution is -2.31. The van der Waals surface area contributed by atoms with E-state index in [1.54, 1.807) is 0 Å². The second kappa shape index (κ2) is 6.24. The van der Waals surface area contributed by atoms with Gasteiger partial charge in [0.2, 0.25) is 0 Å². The number of benzene rings is 1. The molecule has 2 nitrogen and oxygen atoms in total. The highest BCUT2D eigenvalue weighted by molar-refractivity contribution is 5.41. The third-order valence-corrected chi connectivity index (χ3v) is 2.99. The highest BCUT2D eigenvalue weighted by Crippen LogP contribution is 2.32. The number of nitrogens with one attached hydrogen (secondary N) is 1. The average Bonchev–Trinajstić information content (AvgIpc) is 2.25. The molecule has 0 aliphatic rings. The minimum absolute atomic E-state index is 0.116. The van der Waals surface area contributed by atoms with Gasteiger partial charge in [-0.05, 0) is 43.0 Å². The van der Waals surface area contributed by atoms with Crippen molar-refractivity contribution in [3.8, 4) is 5.75 Å². The lowest BCUT2D eigenvalue weighted by molar-refractivity contribution is 0.269. The van der Waals surface area contributed by atoms with Crippen LogP contribution in [0.2, 0.25) is 0 Å². The van der Waals surface area contributed by atoms with Crippen molar-refractivity contribution in [2.45, 2.75) is 53.0 Å². The molecule has 0 heterocycles. The van der Waals surface area contributed by atoms with Crippen LogP contribution in [0.1, 0.15) is 45.7 Å². The summed E-state index contributed by atoms with van der Waals surface area (Å²) in [7, 11) is 0. The van der Waals surface area contributed by atoms with Gasteiger partial charge in [0.1, 0.15) is 12.4 Å². The molecule has 0 bridgehead atoms. The maximum atomic E-state index is 6.00. The van der Waals surface area contributed by atoms with Gasteiger partial charge in [-0.1, -0.05) is 39.8 Å². The van der Waals surface area contributed by atoms with Gasteiger partial charge in [-0.2, -0.15) is 0 Å². The molecule has 1 rings (SSSR count). The molecule has 0 aliphatic heterocycles. The van der Waals surface area contributed by atoms with Crippen LogP contribution < -0.4 is 10.1 Å². The van der Waals surface area contributed by atoms with E-state index in [1.807, 2.05) is 0 Å². The Balaban J connectivity index is 2.83. The normalized spacial score (nSPS) is 13.4. The van der Waals surface area contributed by atoms with Crippen molar-refractivity contribution in [3.63, 3.8) is 0 Å². The summed E-state index contributed by atoms with van der Waals surface area (Å²) >= 11 is 0. The van der Waals surface area contributed by atoms with E-state index in [0.717, 1.165) is 12.3 Å². The monoisotopic (exact) mass is 249 g/mol. The summed E-state index contributed by atoms with van der Waals surface area (Å²) in [5.41, 5.74) is 2.63. The predicted octanol–water partition coefficient (Wildman–Crippen LogP) is 3.67. The van der Waals surface area contributed by atoms with Crippen molar-refractivity contribution in [3.05, 3.63) is 29.3 Å². The number of hydrogen-bond acceptors (Lipinski definition) is 2. The van der Waals surface area contributed by atoms with Gasteiger partial charge in [0, 0.05) is 6.04 Å². The molecule has 1 atom stereocenters. The van der Waals surface area contributed by atoms with E-state index in [-0.39, 0.29) is 5.41 Å². The molecule has 0 amide bonds. The van der Waals surface area contributed by atoms with Crippen LogP contribution in [0.3, 0.4) is 0 Å². The van der Waals surface area contributed by atoms with E-state index >= 15 is 0 Å². The van der Waals surface area contributed by atoms with Gasteiger partial charge >= 0.3 is 0 Å². The molecule has 0 spiro atoms. The van der Waals surface area contributed by atoms with E-state index < -0.39 is 0 Å². The summed E-state index contributed by atoms with van der Waals surface area (Å²) < 4.78 is 6.00. The fraction of sp³-hybridized carbons (Fsp3) is 0.625. The quantitative estimate of drug-likeness (QED) is 0.859. The fourth-order valence-corrected chi connectivity index (χ4v) is 1.99. The zero-order chi connectivity index (χ0) is 13.8. The third-order valence-electron chi connectivity index (χ3n) is 2.99. The van der Waals surface area contributed by atoms with Crippen LogP contribution in [0.5, 0.6) is 5.75 Å². The molecule has 0 aromatic heterocycles. The van der Waals surface area contributed by atoms with Crippen LogP contribution in [-0.4, -0.2) is 19.2 Å². The number of likely N-dealkylation sites (N-methyl/N-ethyl adjacent to an activating group) is 1. The largest absolute Gasteiger partial charge is 0.492 e. The van der Waals surface area contributed by atoms with E-state index in [4.69, 9.17) is 4.74 Å². The zero-order valence-corrected chi connectivity index (χ0v) is 12.6. The standard InChI is InChI=1S/C16H27NO/c1-7-17-13(3)11-18-15-10-12(2)8-9-14(15)16(4,5)6/h8-10,13,17H,7,11H2,1-6H3. The number of rotatable bonds is 5. The van der Waals surface area contributed by atoms with E-state index in [9.17, 15) is 0 Å². The first-order valence-electron chi connectivity index (χ1n) is 6.82. The summed E-state index contributed by atoms with van der Waals surface area (Å²) in [6.45, 7) is 14.7. The molecule has 18 heavy (non-hydrogen) atoms. The van der Waals surface area contributed by atoms with Gasteiger partial charge in [-0.15, -0.1) is 0 Å². The minimum Gasteiger partial charge on any atom is -0.492 e.